The van der Waals surface area contributed by atoms with Gasteiger partial charge in [0.15, 0.2) is 0 Å². The van der Waals surface area contributed by atoms with Crippen LogP contribution in [0.3, 0.4) is 0 Å². The molecular weight excluding hydrogens is 441 g/mol. The fourth-order valence-electron chi connectivity index (χ4n) is 4.63. The van der Waals surface area contributed by atoms with Crippen LogP contribution in [0.1, 0.15) is 70.0 Å². The average molecular weight is 469 g/mol. The van der Waals surface area contributed by atoms with Gasteiger partial charge >= 0.3 is 6.18 Å². The molecule has 34 heavy (non-hydrogen) atoms. The van der Waals surface area contributed by atoms with Gasteiger partial charge in [-0.25, -0.2) is 4.68 Å². The van der Waals surface area contributed by atoms with Crippen molar-refractivity contribution in [2.75, 3.05) is 11.4 Å². The van der Waals surface area contributed by atoms with E-state index in [1.165, 1.54) is 30.5 Å². The number of benzene rings is 2. The summed E-state index contributed by atoms with van der Waals surface area (Å²) < 4.78 is 40.5. The molecule has 1 aromatic heterocycles. The third kappa shape index (κ3) is 4.41. The first-order valence-corrected chi connectivity index (χ1v) is 11.6. The molecule has 5 rings (SSSR count). The van der Waals surface area contributed by atoms with Crippen LogP contribution in [-0.2, 0) is 19.3 Å². The summed E-state index contributed by atoms with van der Waals surface area (Å²) in [4.78, 5) is 15.3. The highest BCUT2D eigenvalue weighted by atomic mass is 19.4. The number of fused-ring (bicyclic) bond motifs is 1. The number of nitrogens with one attached hydrogen (secondary N) is 1. The van der Waals surface area contributed by atoms with E-state index in [1.807, 2.05) is 23.4 Å². The molecule has 1 saturated carbocycles. The molecule has 5 nitrogen and oxygen atoms in total. The van der Waals surface area contributed by atoms with Gasteiger partial charge in [0.2, 0.25) is 0 Å². The van der Waals surface area contributed by atoms with Gasteiger partial charge in [0.25, 0.3) is 5.91 Å². The molecule has 1 aliphatic carbocycles. The normalized spacial score (nSPS) is 16.4. The van der Waals surface area contributed by atoms with Crippen LogP contribution in [0.4, 0.5) is 19.0 Å². The SMILES string of the molecule is Cc1nn2c(c1C(=O)N[C@@H](C)c1ccc(C3CC3)cc1)N(Cc1ccc(C(F)(F)F)cc1)CC2. The predicted molar refractivity (Wildman–Crippen MR) is 124 cm³/mol. The number of amides is 1. The number of hydrogen-bond acceptors (Lipinski definition) is 3. The summed E-state index contributed by atoms with van der Waals surface area (Å²) >= 11 is 0. The van der Waals surface area contributed by atoms with Gasteiger partial charge in [-0.3, -0.25) is 4.79 Å². The molecule has 0 saturated heterocycles. The summed E-state index contributed by atoms with van der Waals surface area (Å²) in [6.07, 6.45) is -1.86. The standard InChI is InChI=1S/C26H27F3N4O/c1-16(19-5-7-20(8-6-19)21-9-10-21)30-24(34)23-17(2)31-33-14-13-32(25(23)33)15-18-3-11-22(12-4-18)26(27,28)29/h3-8,11-12,16,21H,9-10,13-15H2,1-2H3,(H,30,34)/t16-/m0/s1. The van der Waals surface area contributed by atoms with Crippen molar-refractivity contribution in [3.8, 4) is 0 Å². The van der Waals surface area contributed by atoms with E-state index in [4.69, 9.17) is 0 Å². The number of aryl methyl sites for hydroxylation is 1. The Bertz CT molecular complexity index is 1190. The zero-order chi connectivity index (χ0) is 24.0. The Kier molecular flexibility index (Phi) is 5.62. The van der Waals surface area contributed by atoms with Crippen molar-refractivity contribution in [3.63, 3.8) is 0 Å². The molecule has 1 aliphatic heterocycles. The molecule has 1 amide bonds. The highest BCUT2D eigenvalue weighted by Gasteiger charge is 2.32. The maximum atomic E-state index is 13.3. The molecule has 0 radical (unpaired) electrons. The Morgan fingerprint density at radius 2 is 1.76 bits per heavy atom. The van der Waals surface area contributed by atoms with Gasteiger partial charge in [-0.1, -0.05) is 36.4 Å². The van der Waals surface area contributed by atoms with Crippen molar-refractivity contribution < 1.29 is 18.0 Å². The second-order valence-electron chi connectivity index (χ2n) is 9.26. The van der Waals surface area contributed by atoms with Gasteiger partial charge in [0.1, 0.15) is 11.4 Å². The van der Waals surface area contributed by atoms with Crippen LogP contribution in [0.15, 0.2) is 48.5 Å². The van der Waals surface area contributed by atoms with Crippen LogP contribution in [0.25, 0.3) is 0 Å². The smallest absolute Gasteiger partial charge is 0.350 e. The molecule has 1 atom stereocenters. The zero-order valence-electron chi connectivity index (χ0n) is 19.2. The van der Waals surface area contributed by atoms with Crippen molar-refractivity contribution >= 4 is 11.7 Å². The molecule has 1 fully saturated rings. The number of halogens is 3. The molecule has 8 heteroatoms. The highest BCUT2D eigenvalue weighted by molar-refractivity contribution is 6.00. The maximum absolute atomic E-state index is 13.3. The Morgan fingerprint density at radius 1 is 1.09 bits per heavy atom. The van der Waals surface area contributed by atoms with Crippen LogP contribution in [-0.4, -0.2) is 22.2 Å². The maximum Gasteiger partial charge on any atom is 0.416 e. The van der Waals surface area contributed by atoms with Gasteiger partial charge in [0.05, 0.1) is 23.8 Å². The Hall–Kier alpha value is -3.29. The van der Waals surface area contributed by atoms with Gasteiger partial charge in [-0.2, -0.15) is 18.3 Å². The summed E-state index contributed by atoms with van der Waals surface area (Å²) in [5, 5.41) is 7.63. The first-order chi connectivity index (χ1) is 16.2. The summed E-state index contributed by atoms with van der Waals surface area (Å²) in [6, 6.07) is 13.4. The van der Waals surface area contributed by atoms with Crippen LogP contribution in [0.2, 0.25) is 0 Å². The molecule has 3 aromatic rings. The zero-order valence-corrected chi connectivity index (χ0v) is 19.2. The van der Waals surface area contributed by atoms with E-state index >= 15 is 0 Å². The quantitative estimate of drug-likeness (QED) is 0.513. The summed E-state index contributed by atoms with van der Waals surface area (Å²) in [5.41, 5.74) is 3.63. The minimum atomic E-state index is -4.36. The molecule has 0 bridgehead atoms. The predicted octanol–water partition coefficient (Wildman–Crippen LogP) is 5.60. The van der Waals surface area contributed by atoms with E-state index < -0.39 is 11.7 Å². The largest absolute Gasteiger partial charge is 0.416 e. The fourth-order valence-corrected chi connectivity index (χ4v) is 4.63. The lowest BCUT2D eigenvalue weighted by atomic mass is 10.0. The van der Waals surface area contributed by atoms with E-state index in [0.717, 1.165) is 23.3 Å². The second kappa shape index (κ2) is 8.49. The Labute approximate surface area is 196 Å². The lowest BCUT2D eigenvalue weighted by Gasteiger charge is -2.21. The topological polar surface area (TPSA) is 50.2 Å². The van der Waals surface area contributed by atoms with Gasteiger partial charge in [-0.15, -0.1) is 0 Å². The van der Waals surface area contributed by atoms with Crippen LogP contribution >= 0.6 is 0 Å². The first-order valence-electron chi connectivity index (χ1n) is 11.6. The minimum absolute atomic E-state index is 0.166. The lowest BCUT2D eigenvalue weighted by Crippen LogP contribution is -2.29. The van der Waals surface area contributed by atoms with Crippen molar-refractivity contribution in [2.45, 2.75) is 57.9 Å². The monoisotopic (exact) mass is 468 g/mol. The molecule has 178 valence electrons. The van der Waals surface area contributed by atoms with E-state index in [-0.39, 0.29) is 11.9 Å². The number of alkyl halides is 3. The molecule has 2 aromatic carbocycles. The minimum Gasteiger partial charge on any atom is -0.350 e. The highest BCUT2D eigenvalue weighted by Crippen LogP contribution is 2.40. The number of rotatable bonds is 6. The lowest BCUT2D eigenvalue weighted by molar-refractivity contribution is -0.137. The molecule has 2 heterocycles. The summed E-state index contributed by atoms with van der Waals surface area (Å²) in [7, 11) is 0. The van der Waals surface area contributed by atoms with Gasteiger partial charge in [0, 0.05) is 13.1 Å². The van der Waals surface area contributed by atoms with E-state index in [0.29, 0.717) is 42.6 Å². The third-order valence-corrected chi connectivity index (χ3v) is 6.70. The number of carbonyl (C=O) groups excluding carboxylic acids is 1. The van der Waals surface area contributed by atoms with Gasteiger partial charge in [-0.05, 0) is 61.4 Å². The molecule has 1 N–H and O–H groups in total. The average Bonchev–Trinajstić information content (AvgIpc) is 3.51. The van der Waals surface area contributed by atoms with Crippen LogP contribution < -0.4 is 10.2 Å². The van der Waals surface area contributed by atoms with Crippen molar-refractivity contribution in [2.24, 2.45) is 0 Å². The van der Waals surface area contributed by atoms with Crippen molar-refractivity contribution in [1.29, 1.82) is 0 Å². The van der Waals surface area contributed by atoms with Crippen LogP contribution in [0.5, 0.6) is 0 Å². The number of hydrogen-bond donors (Lipinski definition) is 1. The second-order valence-corrected chi connectivity index (χ2v) is 9.26. The van der Waals surface area contributed by atoms with Crippen molar-refractivity contribution in [3.05, 3.63) is 82.0 Å². The van der Waals surface area contributed by atoms with E-state index in [9.17, 15) is 18.0 Å². The summed E-state index contributed by atoms with van der Waals surface area (Å²) in [5.74, 6) is 1.20. The Balaban J connectivity index is 1.32. The molecule has 0 unspecified atom stereocenters. The summed E-state index contributed by atoms with van der Waals surface area (Å²) in [6.45, 7) is 5.45. The number of nitrogens with zero attached hydrogens (tertiary/aromatic N) is 3. The fraction of sp³-hybridized carbons (Fsp3) is 0.385. The Morgan fingerprint density at radius 3 is 2.38 bits per heavy atom. The van der Waals surface area contributed by atoms with Gasteiger partial charge < -0.3 is 10.2 Å². The molecule has 2 aliphatic rings. The first kappa shape index (κ1) is 22.5. The van der Waals surface area contributed by atoms with E-state index in [1.54, 1.807) is 0 Å². The number of anilines is 1. The third-order valence-electron chi connectivity index (χ3n) is 6.70. The van der Waals surface area contributed by atoms with E-state index in [2.05, 4.69) is 34.7 Å². The van der Waals surface area contributed by atoms with Crippen LogP contribution in [0, 0.1) is 6.92 Å². The van der Waals surface area contributed by atoms with Crippen molar-refractivity contribution in [1.82, 2.24) is 15.1 Å². The molecular formula is C26H27F3N4O. The number of aromatic nitrogens is 2. The number of carbonyl (C=O) groups is 1. The molecule has 0 spiro atoms.